The minimum atomic E-state index is -4.37. The number of unbranched alkanes of at least 4 members (excludes halogenated alkanes) is 1. The van der Waals surface area contributed by atoms with Crippen LogP contribution in [0.4, 0.5) is 13.2 Å². The van der Waals surface area contributed by atoms with E-state index in [1.165, 1.54) is 0 Å². The normalized spacial score (nSPS) is 13.8. The third kappa shape index (κ3) is 6.71. The number of alkyl halides is 3. The number of hydrogen-bond acceptors (Lipinski definition) is 2. The standard InChI is InChI=1S/C8H15F3N2O/c1-2-3-4-6(12)7(14)13-5-8(9,10)11/h6H,2-5,12H2,1H3,(H,13,14)/t6-/m0/s1. The van der Waals surface area contributed by atoms with Crippen molar-refractivity contribution >= 4 is 5.91 Å². The van der Waals surface area contributed by atoms with E-state index in [9.17, 15) is 18.0 Å². The average molecular weight is 212 g/mol. The van der Waals surface area contributed by atoms with E-state index >= 15 is 0 Å². The lowest BCUT2D eigenvalue weighted by Crippen LogP contribution is -2.44. The van der Waals surface area contributed by atoms with Gasteiger partial charge in [0.15, 0.2) is 0 Å². The van der Waals surface area contributed by atoms with Crippen molar-refractivity contribution in [1.29, 1.82) is 0 Å². The van der Waals surface area contributed by atoms with Crippen LogP contribution in [0.2, 0.25) is 0 Å². The van der Waals surface area contributed by atoms with Crippen molar-refractivity contribution in [3.05, 3.63) is 0 Å². The number of nitrogens with two attached hydrogens (primary N) is 1. The summed E-state index contributed by atoms with van der Waals surface area (Å²) in [6.45, 7) is 0.603. The minimum absolute atomic E-state index is 0.417. The zero-order valence-electron chi connectivity index (χ0n) is 8.03. The van der Waals surface area contributed by atoms with E-state index < -0.39 is 24.7 Å². The van der Waals surface area contributed by atoms with E-state index in [1.54, 1.807) is 5.32 Å². The summed E-state index contributed by atoms with van der Waals surface area (Å²) in [6, 6.07) is -0.836. The van der Waals surface area contributed by atoms with Gasteiger partial charge >= 0.3 is 6.18 Å². The van der Waals surface area contributed by atoms with Crippen molar-refractivity contribution in [3.8, 4) is 0 Å². The first kappa shape index (κ1) is 13.2. The molecule has 0 aromatic carbocycles. The smallest absolute Gasteiger partial charge is 0.346 e. The lowest BCUT2D eigenvalue weighted by atomic mass is 10.1. The fraction of sp³-hybridized carbons (Fsp3) is 0.875. The predicted molar refractivity (Wildman–Crippen MR) is 46.6 cm³/mol. The zero-order valence-corrected chi connectivity index (χ0v) is 8.03. The third-order valence-electron chi connectivity index (χ3n) is 1.67. The molecule has 0 saturated heterocycles. The molecule has 0 aromatic rings. The van der Waals surface area contributed by atoms with Crippen LogP contribution in [-0.2, 0) is 4.79 Å². The largest absolute Gasteiger partial charge is 0.405 e. The van der Waals surface area contributed by atoms with Gasteiger partial charge in [-0.05, 0) is 6.42 Å². The molecular formula is C8H15F3N2O. The molecule has 0 aliphatic carbocycles. The van der Waals surface area contributed by atoms with Crippen LogP contribution < -0.4 is 11.1 Å². The highest BCUT2D eigenvalue weighted by Crippen LogP contribution is 2.12. The monoisotopic (exact) mass is 212 g/mol. The SMILES string of the molecule is CCCC[C@H](N)C(=O)NCC(F)(F)F. The second kappa shape index (κ2) is 5.85. The van der Waals surface area contributed by atoms with Gasteiger partial charge in [0.25, 0.3) is 0 Å². The maximum absolute atomic E-state index is 11.7. The molecule has 3 nitrogen and oxygen atoms in total. The van der Waals surface area contributed by atoms with Crippen molar-refractivity contribution in [3.63, 3.8) is 0 Å². The fourth-order valence-electron chi connectivity index (χ4n) is 0.874. The molecule has 0 bridgehead atoms. The van der Waals surface area contributed by atoms with Crippen LogP contribution in [0.5, 0.6) is 0 Å². The van der Waals surface area contributed by atoms with Gasteiger partial charge in [-0.2, -0.15) is 13.2 Å². The number of carbonyl (C=O) groups excluding carboxylic acids is 1. The molecular weight excluding hydrogens is 197 g/mol. The van der Waals surface area contributed by atoms with E-state index in [4.69, 9.17) is 5.73 Å². The van der Waals surface area contributed by atoms with Gasteiger partial charge in [0.1, 0.15) is 6.54 Å². The van der Waals surface area contributed by atoms with Gasteiger partial charge in [0, 0.05) is 0 Å². The summed E-state index contributed by atoms with van der Waals surface area (Å²) < 4.78 is 35.0. The van der Waals surface area contributed by atoms with Crippen LogP contribution in [-0.4, -0.2) is 24.7 Å². The highest BCUT2D eigenvalue weighted by atomic mass is 19.4. The highest BCUT2D eigenvalue weighted by molar-refractivity contribution is 5.81. The van der Waals surface area contributed by atoms with Gasteiger partial charge in [-0.15, -0.1) is 0 Å². The number of amides is 1. The van der Waals surface area contributed by atoms with Gasteiger partial charge in [-0.1, -0.05) is 19.8 Å². The Morgan fingerprint density at radius 2 is 2.07 bits per heavy atom. The Morgan fingerprint density at radius 1 is 1.50 bits per heavy atom. The number of rotatable bonds is 5. The summed E-state index contributed by atoms with van der Waals surface area (Å²) in [7, 11) is 0. The molecule has 0 aromatic heterocycles. The van der Waals surface area contributed by atoms with E-state index in [-0.39, 0.29) is 0 Å². The van der Waals surface area contributed by atoms with Crippen LogP contribution >= 0.6 is 0 Å². The lowest BCUT2D eigenvalue weighted by Gasteiger charge is -2.12. The molecule has 14 heavy (non-hydrogen) atoms. The fourth-order valence-corrected chi connectivity index (χ4v) is 0.874. The average Bonchev–Trinajstić information content (AvgIpc) is 2.09. The molecule has 1 amide bonds. The second-order valence-electron chi connectivity index (χ2n) is 3.08. The first-order valence-corrected chi connectivity index (χ1v) is 4.47. The molecule has 6 heteroatoms. The molecule has 0 saturated carbocycles. The Kier molecular flexibility index (Phi) is 5.52. The van der Waals surface area contributed by atoms with E-state index in [1.807, 2.05) is 6.92 Å². The third-order valence-corrected chi connectivity index (χ3v) is 1.67. The van der Waals surface area contributed by atoms with Gasteiger partial charge in [0.2, 0.25) is 5.91 Å². The van der Waals surface area contributed by atoms with Crippen LogP contribution in [0.1, 0.15) is 26.2 Å². The predicted octanol–water partition coefficient (Wildman–Crippen LogP) is 1.18. The highest BCUT2D eigenvalue weighted by Gasteiger charge is 2.28. The van der Waals surface area contributed by atoms with Gasteiger partial charge in [0.05, 0.1) is 6.04 Å². The topological polar surface area (TPSA) is 55.1 Å². The van der Waals surface area contributed by atoms with Crippen molar-refractivity contribution in [1.82, 2.24) is 5.32 Å². The molecule has 3 N–H and O–H groups in total. The molecule has 0 fully saturated rings. The number of halogens is 3. The lowest BCUT2D eigenvalue weighted by molar-refractivity contribution is -0.139. The van der Waals surface area contributed by atoms with Crippen LogP contribution in [0.3, 0.4) is 0 Å². The Balaban J connectivity index is 3.73. The van der Waals surface area contributed by atoms with Gasteiger partial charge in [-0.25, -0.2) is 0 Å². The van der Waals surface area contributed by atoms with Gasteiger partial charge in [-0.3, -0.25) is 4.79 Å². The van der Waals surface area contributed by atoms with Gasteiger partial charge < -0.3 is 11.1 Å². The summed E-state index contributed by atoms with van der Waals surface area (Å²) >= 11 is 0. The summed E-state index contributed by atoms with van der Waals surface area (Å²) in [4.78, 5) is 11.0. The molecule has 0 unspecified atom stereocenters. The van der Waals surface area contributed by atoms with Crippen molar-refractivity contribution in [2.24, 2.45) is 5.73 Å². The van der Waals surface area contributed by atoms with E-state index in [2.05, 4.69) is 0 Å². The summed E-state index contributed by atoms with van der Waals surface area (Å²) in [5, 5.41) is 1.74. The van der Waals surface area contributed by atoms with Crippen molar-refractivity contribution < 1.29 is 18.0 Å². The summed E-state index contributed by atoms with van der Waals surface area (Å²) in [5.41, 5.74) is 5.35. The van der Waals surface area contributed by atoms with Crippen LogP contribution in [0.25, 0.3) is 0 Å². The molecule has 0 radical (unpaired) electrons. The Hall–Kier alpha value is -0.780. The molecule has 0 aliphatic rings. The molecule has 0 aliphatic heterocycles. The Morgan fingerprint density at radius 3 is 2.50 bits per heavy atom. The zero-order chi connectivity index (χ0) is 11.2. The Labute approximate surface area is 80.8 Å². The Bertz CT molecular complexity index is 182. The molecule has 0 rings (SSSR count). The number of carbonyl (C=O) groups is 1. The van der Waals surface area contributed by atoms with Crippen molar-refractivity contribution in [2.75, 3.05) is 6.54 Å². The molecule has 0 spiro atoms. The minimum Gasteiger partial charge on any atom is -0.346 e. The first-order valence-electron chi connectivity index (χ1n) is 4.47. The number of hydrogen-bond donors (Lipinski definition) is 2. The maximum atomic E-state index is 11.7. The first-order chi connectivity index (χ1) is 6.37. The molecule has 84 valence electrons. The van der Waals surface area contributed by atoms with Crippen molar-refractivity contribution in [2.45, 2.75) is 38.4 Å². The van der Waals surface area contributed by atoms with E-state index in [0.717, 1.165) is 12.8 Å². The maximum Gasteiger partial charge on any atom is 0.405 e. The van der Waals surface area contributed by atoms with Crippen LogP contribution in [0, 0.1) is 0 Å². The molecule has 1 atom stereocenters. The quantitative estimate of drug-likeness (QED) is 0.719. The summed E-state index contributed by atoms with van der Waals surface area (Å²) in [6.07, 6.45) is -2.36. The van der Waals surface area contributed by atoms with E-state index in [0.29, 0.717) is 6.42 Å². The second-order valence-corrected chi connectivity index (χ2v) is 3.08. The number of nitrogens with one attached hydrogen (secondary N) is 1. The molecule has 0 heterocycles. The summed E-state index contributed by atoms with van der Waals surface area (Å²) in [5.74, 6) is -0.740. The van der Waals surface area contributed by atoms with Crippen LogP contribution in [0.15, 0.2) is 0 Å².